The minimum Gasteiger partial charge on any atom is -0.434 e. The minimum absolute atomic E-state index is 0.00976. The standard InChI is InChI=1S/C19H21FN4O3/c1-13(25)22-11-19(26)24-8-4-5-14(12-24)16-9-21-10-18(23-16)27-17-7-3-2-6-15(17)20/h2-3,6-7,9-10,14H,4-5,8,11-12H2,1H3,(H,22,25)/t14-/m0/s1. The van der Waals surface area contributed by atoms with Gasteiger partial charge in [-0.3, -0.25) is 14.6 Å². The van der Waals surface area contributed by atoms with Crippen molar-refractivity contribution in [1.29, 1.82) is 0 Å². The van der Waals surface area contributed by atoms with Crippen LogP contribution in [0.5, 0.6) is 11.6 Å². The molecular weight excluding hydrogens is 351 g/mol. The van der Waals surface area contributed by atoms with Gasteiger partial charge in [0, 0.05) is 32.1 Å². The smallest absolute Gasteiger partial charge is 0.241 e. The predicted molar refractivity (Wildman–Crippen MR) is 95.7 cm³/mol. The van der Waals surface area contributed by atoms with Crippen LogP contribution in [0.3, 0.4) is 0 Å². The largest absolute Gasteiger partial charge is 0.434 e. The first-order valence-electron chi connectivity index (χ1n) is 8.79. The van der Waals surface area contributed by atoms with Crippen molar-refractivity contribution in [2.45, 2.75) is 25.7 Å². The van der Waals surface area contributed by atoms with Crippen LogP contribution in [0, 0.1) is 5.82 Å². The van der Waals surface area contributed by atoms with E-state index in [1.54, 1.807) is 23.2 Å². The van der Waals surface area contributed by atoms with Gasteiger partial charge >= 0.3 is 0 Å². The Bertz CT molecular complexity index is 830. The summed E-state index contributed by atoms with van der Waals surface area (Å²) in [6, 6.07) is 6.09. The van der Waals surface area contributed by atoms with E-state index in [9.17, 15) is 14.0 Å². The maximum atomic E-state index is 13.8. The molecule has 1 aliphatic rings. The number of nitrogens with one attached hydrogen (secondary N) is 1. The molecule has 0 unspecified atom stereocenters. The normalized spacial score (nSPS) is 16.7. The number of benzene rings is 1. The summed E-state index contributed by atoms with van der Waals surface area (Å²) in [7, 11) is 0. The van der Waals surface area contributed by atoms with Gasteiger partial charge in [0.05, 0.1) is 18.4 Å². The monoisotopic (exact) mass is 372 g/mol. The number of para-hydroxylation sites is 1. The molecule has 2 amide bonds. The van der Waals surface area contributed by atoms with Gasteiger partial charge in [-0.05, 0) is 25.0 Å². The van der Waals surface area contributed by atoms with Crippen LogP contribution in [-0.2, 0) is 9.59 Å². The number of piperidine rings is 1. The molecule has 0 bridgehead atoms. The van der Waals surface area contributed by atoms with E-state index in [1.807, 2.05) is 0 Å². The molecule has 1 aromatic heterocycles. The summed E-state index contributed by atoms with van der Waals surface area (Å²) < 4.78 is 19.3. The summed E-state index contributed by atoms with van der Waals surface area (Å²) in [4.78, 5) is 33.5. The highest BCUT2D eigenvalue weighted by Crippen LogP contribution is 2.28. The number of rotatable bonds is 5. The molecule has 1 aliphatic heterocycles. The highest BCUT2D eigenvalue weighted by atomic mass is 19.1. The SMILES string of the molecule is CC(=O)NCC(=O)N1CCC[C@H](c2cncc(Oc3ccccc3F)n2)C1. The lowest BCUT2D eigenvalue weighted by molar-refractivity contribution is -0.133. The fourth-order valence-corrected chi connectivity index (χ4v) is 3.01. The van der Waals surface area contributed by atoms with Crippen LogP contribution in [0.15, 0.2) is 36.7 Å². The average molecular weight is 372 g/mol. The fraction of sp³-hybridized carbons (Fsp3) is 0.368. The molecule has 142 valence electrons. The van der Waals surface area contributed by atoms with Crippen LogP contribution < -0.4 is 10.1 Å². The lowest BCUT2D eigenvalue weighted by atomic mass is 9.95. The third kappa shape index (κ3) is 4.99. The van der Waals surface area contributed by atoms with Gasteiger partial charge in [0.25, 0.3) is 0 Å². The lowest BCUT2D eigenvalue weighted by Crippen LogP contribution is -2.44. The Balaban J connectivity index is 1.68. The summed E-state index contributed by atoms with van der Waals surface area (Å²) in [5.74, 6) is -0.532. The van der Waals surface area contributed by atoms with Crippen molar-refractivity contribution < 1.29 is 18.7 Å². The first-order valence-corrected chi connectivity index (χ1v) is 8.79. The quantitative estimate of drug-likeness (QED) is 0.870. The molecular formula is C19H21FN4O3. The molecule has 1 aromatic carbocycles. The number of nitrogens with zero attached hydrogens (tertiary/aromatic N) is 3. The van der Waals surface area contributed by atoms with Gasteiger partial charge in [0.2, 0.25) is 17.7 Å². The first-order chi connectivity index (χ1) is 13.0. The van der Waals surface area contributed by atoms with Gasteiger partial charge in [-0.2, -0.15) is 0 Å². The molecule has 27 heavy (non-hydrogen) atoms. The molecule has 0 radical (unpaired) electrons. The van der Waals surface area contributed by atoms with Crippen molar-refractivity contribution >= 4 is 11.8 Å². The Morgan fingerprint density at radius 1 is 1.33 bits per heavy atom. The highest BCUT2D eigenvalue weighted by molar-refractivity contribution is 5.83. The Hall–Kier alpha value is -3.03. The highest BCUT2D eigenvalue weighted by Gasteiger charge is 2.26. The maximum Gasteiger partial charge on any atom is 0.241 e. The Kier molecular flexibility index (Phi) is 5.95. The molecule has 1 atom stereocenters. The van der Waals surface area contributed by atoms with Gasteiger partial charge in [-0.15, -0.1) is 0 Å². The van der Waals surface area contributed by atoms with E-state index >= 15 is 0 Å². The number of ether oxygens (including phenoxy) is 1. The van der Waals surface area contributed by atoms with Crippen molar-refractivity contribution in [3.63, 3.8) is 0 Å². The van der Waals surface area contributed by atoms with E-state index in [0.717, 1.165) is 12.8 Å². The van der Waals surface area contributed by atoms with Gasteiger partial charge in [-0.25, -0.2) is 9.37 Å². The summed E-state index contributed by atoms with van der Waals surface area (Å²) in [6.45, 7) is 2.51. The summed E-state index contributed by atoms with van der Waals surface area (Å²) in [5.41, 5.74) is 0.695. The third-order valence-corrected chi connectivity index (χ3v) is 4.36. The fourth-order valence-electron chi connectivity index (χ4n) is 3.01. The Morgan fingerprint density at radius 3 is 2.93 bits per heavy atom. The molecule has 3 rings (SSSR count). The number of likely N-dealkylation sites (tertiary alicyclic amines) is 1. The Morgan fingerprint density at radius 2 is 2.15 bits per heavy atom. The van der Waals surface area contributed by atoms with Crippen LogP contribution in [0.1, 0.15) is 31.4 Å². The van der Waals surface area contributed by atoms with Gasteiger partial charge in [0.1, 0.15) is 0 Å². The molecule has 8 heteroatoms. The number of halogens is 1. The second-order valence-electron chi connectivity index (χ2n) is 6.40. The maximum absolute atomic E-state index is 13.8. The van der Waals surface area contributed by atoms with Crippen molar-refractivity contribution in [2.75, 3.05) is 19.6 Å². The van der Waals surface area contributed by atoms with Crippen LogP contribution >= 0.6 is 0 Å². The van der Waals surface area contributed by atoms with Crippen molar-refractivity contribution in [1.82, 2.24) is 20.2 Å². The summed E-state index contributed by atoms with van der Waals surface area (Å²) in [5, 5.41) is 2.53. The third-order valence-electron chi connectivity index (χ3n) is 4.36. The second-order valence-corrected chi connectivity index (χ2v) is 6.40. The minimum atomic E-state index is -0.475. The van der Waals surface area contributed by atoms with E-state index in [1.165, 1.54) is 25.3 Å². The zero-order valence-corrected chi connectivity index (χ0v) is 15.0. The van der Waals surface area contributed by atoms with Crippen LogP contribution in [0.4, 0.5) is 4.39 Å². The summed E-state index contributed by atoms with van der Waals surface area (Å²) in [6.07, 6.45) is 4.76. The zero-order valence-electron chi connectivity index (χ0n) is 15.0. The second kappa shape index (κ2) is 8.57. The molecule has 1 N–H and O–H groups in total. The van der Waals surface area contributed by atoms with E-state index in [0.29, 0.717) is 18.8 Å². The molecule has 0 saturated carbocycles. The van der Waals surface area contributed by atoms with E-state index in [4.69, 9.17) is 4.74 Å². The predicted octanol–water partition coefficient (Wildman–Crippen LogP) is 2.25. The van der Waals surface area contributed by atoms with Crippen molar-refractivity contribution in [3.05, 3.63) is 48.2 Å². The first kappa shape index (κ1) is 18.8. The van der Waals surface area contributed by atoms with E-state index in [-0.39, 0.29) is 35.9 Å². The van der Waals surface area contributed by atoms with Gasteiger partial charge in [-0.1, -0.05) is 12.1 Å². The molecule has 0 spiro atoms. The van der Waals surface area contributed by atoms with Crippen LogP contribution in [-0.4, -0.2) is 46.3 Å². The van der Waals surface area contributed by atoms with Crippen LogP contribution in [0.25, 0.3) is 0 Å². The number of carbonyl (C=O) groups is 2. The number of hydrogen-bond donors (Lipinski definition) is 1. The van der Waals surface area contributed by atoms with Crippen LogP contribution in [0.2, 0.25) is 0 Å². The number of amides is 2. The van der Waals surface area contributed by atoms with E-state index in [2.05, 4.69) is 15.3 Å². The average Bonchev–Trinajstić information content (AvgIpc) is 2.68. The molecule has 1 saturated heterocycles. The van der Waals surface area contributed by atoms with E-state index < -0.39 is 5.82 Å². The number of carbonyl (C=O) groups excluding carboxylic acids is 2. The topological polar surface area (TPSA) is 84.4 Å². The lowest BCUT2D eigenvalue weighted by Gasteiger charge is -2.32. The molecule has 7 nitrogen and oxygen atoms in total. The number of aromatic nitrogens is 2. The van der Waals surface area contributed by atoms with Gasteiger partial charge < -0.3 is 15.0 Å². The zero-order chi connectivity index (χ0) is 19.2. The number of hydrogen-bond acceptors (Lipinski definition) is 5. The van der Waals surface area contributed by atoms with Crippen molar-refractivity contribution in [2.24, 2.45) is 0 Å². The van der Waals surface area contributed by atoms with Crippen molar-refractivity contribution in [3.8, 4) is 11.6 Å². The molecule has 1 fully saturated rings. The molecule has 2 heterocycles. The summed E-state index contributed by atoms with van der Waals surface area (Å²) >= 11 is 0. The Labute approximate surface area is 156 Å². The van der Waals surface area contributed by atoms with Gasteiger partial charge in [0.15, 0.2) is 11.6 Å². The molecule has 0 aliphatic carbocycles. The molecule has 2 aromatic rings.